The van der Waals surface area contributed by atoms with Gasteiger partial charge in [-0.2, -0.15) is 0 Å². The van der Waals surface area contributed by atoms with Crippen molar-refractivity contribution >= 4 is 17.6 Å². The van der Waals surface area contributed by atoms with Crippen LogP contribution >= 0.6 is 11.6 Å². The highest BCUT2D eigenvalue weighted by molar-refractivity contribution is 6.33. The molecule has 2 N–H and O–H groups in total. The van der Waals surface area contributed by atoms with Crippen molar-refractivity contribution in [2.75, 3.05) is 0 Å². The number of aromatic carboxylic acids is 1. The smallest absolute Gasteiger partial charge is 0.354 e. The second kappa shape index (κ2) is 5.57. The molecule has 0 saturated carbocycles. The maximum atomic E-state index is 13.9. The van der Waals surface area contributed by atoms with Crippen molar-refractivity contribution in [3.8, 4) is 22.6 Å². The number of imidazole rings is 1. The number of carboxylic acid groups (broad SMARTS) is 1. The van der Waals surface area contributed by atoms with E-state index in [9.17, 15) is 9.18 Å². The van der Waals surface area contributed by atoms with Crippen LogP contribution in [0.1, 0.15) is 10.5 Å². The first-order valence-electron chi connectivity index (χ1n) is 6.25. The van der Waals surface area contributed by atoms with Gasteiger partial charge in [-0.25, -0.2) is 19.2 Å². The normalized spacial score (nSPS) is 10.6. The second-order valence-corrected chi connectivity index (χ2v) is 4.89. The lowest BCUT2D eigenvalue weighted by Gasteiger charge is -2.02. The second-order valence-electron chi connectivity index (χ2n) is 4.48. The summed E-state index contributed by atoms with van der Waals surface area (Å²) < 4.78 is 13.9. The van der Waals surface area contributed by atoms with Crippen LogP contribution in [0.25, 0.3) is 22.6 Å². The molecule has 0 amide bonds. The highest BCUT2D eigenvalue weighted by Crippen LogP contribution is 2.29. The van der Waals surface area contributed by atoms with Crippen LogP contribution in [0.4, 0.5) is 4.39 Å². The van der Waals surface area contributed by atoms with E-state index >= 15 is 0 Å². The minimum Gasteiger partial charge on any atom is -0.477 e. The highest BCUT2D eigenvalue weighted by atomic mass is 35.5. The van der Waals surface area contributed by atoms with Crippen molar-refractivity contribution in [3.05, 3.63) is 59.3 Å². The molecule has 0 radical (unpaired) electrons. The SMILES string of the molecule is O=C(O)c1ccc(-c2cnc(-c3c(F)cccc3Cl)[nH]2)cn1. The number of halogens is 2. The Balaban J connectivity index is 1.99. The van der Waals surface area contributed by atoms with Crippen LogP contribution in [0.2, 0.25) is 5.02 Å². The molecule has 0 unspecified atom stereocenters. The first-order chi connectivity index (χ1) is 10.6. The number of aromatic amines is 1. The maximum Gasteiger partial charge on any atom is 0.354 e. The van der Waals surface area contributed by atoms with Gasteiger partial charge in [0.25, 0.3) is 0 Å². The molecule has 7 heteroatoms. The van der Waals surface area contributed by atoms with E-state index in [2.05, 4.69) is 15.0 Å². The van der Waals surface area contributed by atoms with Crippen LogP contribution in [-0.4, -0.2) is 26.0 Å². The third-order valence-corrected chi connectivity index (χ3v) is 3.38. The number of nitrogens with zero attached hydrogens (tertiary/aromatic N) is 2. The summed E-state index contributed by atoms with van der Waals surface area (Å²) in [7, 11) is 0. The Morgan fingerprint density at radius 2 is 2.00 bits per heavy atom. The monoisotopic (exact) mass is 317 g/mol. The molecule has 0 aliphatic heterocycles. The van der Waals surface area contributed by atoms with Gasteiger partial charge in [0.1, 0.15) is 17.3 Å². The van der Waals surface area contributed by atoms with Crippen molar-refractivity contribution < 1.29 is 14.3 Å². The molecule has 2 heterocycles. The number of H-pyrrole nitrogens is 1. The van der Waals surface area contributed by atoms with Gasteiger partial charge in [0.2, 0.25) is 0 Å². The molecule has 1 aromatic carbocycles. The van der Waals surface area contributed by atoms with E-state index in [0.29, 0.717) is 17.1 Å². The van der Waals surface area contributed by atoms with Crippen LogP contribution in [0.3, 0.4) is 0 Å². The zero-order chi connectivity index (χ0) is 15.7. The van der Waals surface area contributed by atoms with Crippen LogP contribution < -0.4 is 0 Å². The lowest BCUT2D eigenvalue weighted by molar-refractivity contribution is 0.0690. The van der Waals surface area contributed by atoms with Gasteiger partial charge in [-0.05, 0) is 24.3 Å². The zero-order valence-electron chi connectivity index (χ0n) is 11.0. The van der Waals surface area contributed by atoms with E-state index in [1.807, 2.05) is 0 Å². The molecule has 0 saturated heterocycles. The van der Waals surface area contributed by atoms with Crippen molar-refractivity contribution in [2.24, 2.45) is 0 Å². The molecule has 0 spiro atoms. The van der Waals surface area contributed by atoms with Gasteiger partial charge in [0.15, 0.2) is 0 Å². The molecule has 5 nitrogen and oxygen atoms in total. The summed E-state index contributed by atoms with van der Waals surface area (Å²) in [5.74, 6) is -1.29. The quantitative estimate of drug-likeness (QED) is 0.773. The number of benzene rings is 1. The zero-order valence-corrected chi connectivity index (χ0v) is 11.8. The Bertz CT molecular complexity index is 826. The number of carboxylic acids is 1. The molecule has 3 rings (SSSR count). The van der Waals surface area contributed by atoms with Gasteiger partial charge in [-0.15, -0.1) is 0 Å². The summed E-state index contributed by atoms with van der Waals surface area (Å²) in [6, 6.07) is 7.36. The molecule has 110 valence electrons. The molecule has 0 aliphatic carbocycles. The molecule has 0 aliphatic rings. The Morgan fingerprint density at radius 1 is 1.18 bits per heavy atom. The lowest BCUT2D eigenvalue weighted by Crippen LogP contribution is -1.99. The molecule has 3 aromatic rings. The number of hydrogen-bond acceptors (Lipinski definition) is 3. The summed E-state index contributed by atoms with van der Waals surface area (Å²) in [5.41, 5.74) is 1.35. The average Bonchev–Trinajstić information content (AvgIpc) is 2.97. The Hall–Kier alpha value is -2.73. The first-order valence-corrected chi connectivity index (χ1v) is 6.63. The highest BCUT2D eigenvalue weighted by Gasteiger charge is 2.14. The molecule has 22 heavy (non-hydrogen) atoms. The third-order valence-electron chi connectivity index (χ3n) is 3.07. The van der Waals surface area contributed by atoms with Gasteiger partial charge in [0, 0.05) is 11.8 Å². The summed E-state index contributed by atoms with van der Waals surface area (Å²) in [6.45, 7) is 0. The first kappa shape index (κ1) is 14.2. The number of hydrogen-bond donors (Lipinski definition) is 2. The van der Waals surface area contributed by atoms with E-state index in [1.54, 1.807) is 12.1 Å². The molecular formula is C15H9ClFN3O2. The fourth-order valence-corrected chi connectivity index (χ4v) is 2.25. The molecule has 0 bridgehead atoms. The number of nitrogens with one attached hydrogen (secondary N) is 1. The minimum atomic E-state index is -1.10. The summed E-state index contributed by atoms with van der Waals surface area (Å²) in [6.07, 6.45) is 2.92. The van der Waals surface area contributed by atoms with Crippen molar-refractivity contribution in [1.82, 2.24) is 15.0 Å². The van der Waals surface area contributed by atoms with E-state index < -0.39 is 11.8 Å². The van der Waals surface area contributed by atoms with Gasteiger partial charge in [0.05, 0.1) is 22.5 Å². The third kappa shape index (κ3) is 2.56. The largest absolute Gasteiger partial charge is 0.477 e. The molecule has 0 fully saturated rings. The van der Waals surface area contributed by atoms with Crippen molar-refractivity contribution in [2.45, 2.75) is 0 Å². The summed E-state index contributed by atoms with van der Waals surface area (Å²) >= 11 is 6.00. The van der Waals surface area contributed by atoms with Crippen LogP contribution in [0, 0.1) is 5.82 Å². The molecule has 2 aromatic heterocycles. The number of pyridine rings is 1. The fraction of sp³-hybridized carbons (Fsp3) is 0. The molecular weight excluding hydrogens is 309 g/mol. The number of rotatable bonds is 3. The fourth-order valence-electron chi connectivity index (χ4n) is 2.00. The van der Waals surface area contributed by atoms with E-state index in [4.69, 9.17) is 16.7 Å². The topological polar surface area (TPSA) is 78.9 Å². The Kier molecular flexibility index (Phi) is 3.60. The predicted octanol–water partition coefficient (Wildman–Crippen LogP) is 3.63. The number of carbonyl (C=O) groups is 1. The predicted molar refractivity (Wildman–Crippen MR) is 79.2 cm³/mol. The van der Waals surface area contributed by atoms with Gasteiger partial charge >= 0.3 is 5.97 Å². The summed E-state index contributed by atoms with van der Waals surface area (Å²) in [4.78, 5) is 21.7. The van der Waals surface area contributed by atoms with E-state index in [0.717, 1.165) is 0 Å². The minimum absolute atomic E-state index is 0.0550. The average molecular weight is 318 g/mol. The van der Waals surface area contributed by atoms with E-state index in [1.165, 1.54) is 30.6 Å². The van der Waals surface area contributed by atoms with Crippen LogP contribution in [-0.2, 0) is 0 Å². The van der Waals surface area contributed by atoms with Gasteiger partial charge < -0.3 is 10.1 Å². The van der Waals surface area contributed by atoms with Crippen LogP contribution in [0.15, 0.2) is 42.7 Å². The van der Waals surface area contributed by atoms with Crippen molar-refractivity contribution in [3.63, 3.8) is 0 Å². The van der Waals surface area contributed by atoms with Gasteiger partial charge in [-0.3, -0.25) is 0 Å². The van der Waals surface area contributed by atoms with Crippen LogP contribution in [0.5, 0.6) is 0 Å². The van der Waals surface area contributed by atoms with Crippen molar-refractivity contribution in [1.29, 1.82) is 0 Å². The maximum absolute atomic E-state index is 13.9. The Morgan fingerprint density at radius 3 is 2.64 bits per heavy atom. The lowest BCUT2D eigenvalue weighted by atomic mass is 10.2. The molecule has 0 atom stereocenters. The standard InChI is InChI=1S/C15H9ClFN3O2/c16-9-2-1-3-10(17)13(9)14-19-7-12(20-14)8-4-5-11(15(21)22)18-6-8/h1-7H,(H,19,20)(H,21,22). The van der Waals surface area contributed by atoms with Gasteiger partial charge in [-0.1, -0.05) is 17.7 Å². The number of aromatic nitrogens is 3. The Labute approximate surface area is 129 Å². The van der Waals surface area contributed by atoms with E-state index in [-0.39, 0.29) is 16.3 Å². The summed E-state index contributed by atoms with van der Waals surface area (Å²) in [5, 5.41) is 9.07.